The first-order chi connectivity index (χ1) is 10.9. The number of aliphatic carboxylic acids is 2. The van der Waals surface area contributed by atoms with Crippen LogP contribution in [0.2, 0.25) is 0 Å². The summed E-state index contributed by atoms with van der Waals surface area (Å²) in [6, 6.07) is 0. The van der Waals surface area contributed by atoms with E-state index in [2.05, 4.69) is 18.8 Å². The van der Waals surface area contributed by atoms with Crippen LogP contribution in [0.25, 0.3) is 0 Å². The molecule has 2 atom stereocenters. The molecule has 0 aromatic carbocycles. The van der Waals surface area contributed by atoms with Crippen molar-refractivity contribution in [3.05, 3.63) is 0 Å². The number of nitrogens with zero attached hydrogens (tertiary/aromatic N) is 2. The van der Waals surface area contributed by atoms with Gasteiger partial charge < -0.3 is 20.4 Å². The molecule has 1 aliphatic heterocycles. The molecule has 0 aliphatic carbocycles. The minimum Gasteiger partial charge on any atom is -0.870 e. The Kier molecular flexibility index (Phi) is 19.7. The number of aliphatic imine (C=N–C) groups is 1. The van der Waals surface area contributed by atoms with Crippen LogP contribution in [-0.4, -0.2) is 136 Å². The summed E-state index contributed by atoms with van der Waals surface area (Å²) in [5.74, 6) is -0.624. The fraction of sp³-hybridized carbons (Fsp3) is 0.812. The second kappa shape index (κ2) is 16.4. The summed E-state index contributed by atoms with van der Waals surface area (Å²) in [6.45, 7) is 5.85. The average Bonchev–Trinajstić information content (AvgIpc) is 2.87. The predicted octanol–water partition coefficient (Wildman–Crippen LogP) is 0.679. The molecule has 2 radical (unpaired) electrons. The average molecular weight is 392 g/mol. The van der Waals surface area contributed by atoms with Gasteiger partial charge in [-0.25, -0.2) is 14.6 Å². The maximum absolute atomic E-state index is 11.4. The fourth-order valence-electron chi connectivity index (χ4n) is 3.23. The number of carboxylic acids is 2. The standard InChI is InChI=1S/C16H28N2O5.2Na.H2O/c1-3-5-6-13(4-2)16-17-7-8-18(16,11-14(19)20)9-10-23-12-15(21)22;;;/h13H,3-12H2,1-2H3,(H-,19,20,21,22);;;1H2. The van der Waals surface area contributed by atoms with Gasteiger partial charge in [0.05, 0.1) is 19.1 Å². The monoisotopic (exact) mass is 392 g/mol. The molecule has 142 valence electrons. The van der Waals surface area contributed by atoms with Gasteiger partial charge in [-0.1, -0.05) is 26.7 Å². The molecule has 0 fully saturated rings. The zero-order chi connectivity index (χ0) is 17.3. The number of carboxylic acid groups (broad SMARTS) is 2. The molecule has 26 heavy (non-hydrogen) atoms. The Morgan fingerprint density at radius 2 is 1.88 bits per heavy atom. The summed E-state index contributed by atoms with van der Waals surface area (Å²) in [5, 5.41) is 18.0. The van der Waals surface area contributed by atoms with E-state index in [4.69, 9.17) is 9.84 Å². The van der Waals surface area contributed by atoms with Gasteiger partial charge in [0.2, 0.25) is 5.84 Å². The van der Waals surface area contributed by atoms with Crippen LogP contribution in [0.1, 0.15) is 39.5 Å². The molecular formula is C16H30N2Na2O6. The Morgan fingerprint density at radius 1 is 1.23 bits per heavy atom. The number of ether oxygens (including phenoxy) is 1. The SMILES string of the molecule is CCCCC(CC)C1=NCC[N+]1(CCOCC(=O)O)CC(=O)O.[Na].[Na].[OH-]. The Hall–Kier alpha value is 0.490. The van der Waals surface area contributed by atoms with Crippen LogP contribution in [0, 0.1) is 5.92 Å². The van der Waals surface area contributed by atoms with E-state index in [1.807, 2.05) is 0 Å². The van der Waals surface area contributed by atoms with E-state index in [0.29, 0.717) is 24.1 Å². The fourth-order valence-corrected chi connectivity index (χ4v) is 3.23. The third-order valence-corrected chi connectivity index (χ3v) is 4.38. The molecule has 0 bridgehead atoms. The van der Waals surface area contributed by atoms with Crippen molar-refractivity contribution < 1.29 is 34.5 Å². The molecule has 8 nitrogen and oxygen atoms in total. The summed E-state index contributed by atoms with van der Waals surface area (Å²) in [7, 11) is 0. The van der Waals surface area contributed by atoms with E-state index in [-0.39, 0.29) is 90.3 Å². The molecule has 3 N–H and O–H groups in total. The molecule has 1 heterocycles. The van der Waals surface area contributed by atoms with Crippen LogP contribution in [0.5, 0.6) is 0 Å². The number of hydrogen-bond donors (Lipinski definition) is 2. The number of unbranched alkanes of at least 4 members (excludes halogenated alkanes) is 1. The van der Waals surface area contributed by atoms with Crippen LogP contribution in [-0.2, 0) is 14.3 Å². The molecular weight excluding hydrogens is 362 g/mol. The molecule has 0 saturated heterocycles. The molecule has 2 unspecified atom stereocenters. The van der Waals surface area contributed by atoms with Gasteiger partial charge in [-0.15, -0.1) is 0 Å². The van der Waals surface area contributed by atoms with Crippen molar-refractivity contribution in [3.63, 3.8) is 0 Å². The smallest absolute Gasteiger partial charge is 0.359 e. The minimum absolute atomic E-state index is 0. The van der Waals surface area contributed by atoms with Crippen molar-refractivity contribution in [2.24, 2.45) is 10.9 Å². The van der Waals surface area contributed by atoms with Crippen molar-refractivity contribution in [2.75, 3.05) is 39.4 Å². The van der Waals surface area contributed by atoms with E-state index in [1.165, 1.54) is 0 Å². The molecule has 0 saturated carbocycles. The summed E-state index contributed by atoms with van der Waals surface area (Å²) in [5.41, 5.74) is 0. The number of quaternary nitrogens is 1. The van der Waals surface area contributed by atoms with Crippen molar-refractivity contribution in [1.29, 1.82) is 0 Å². The maximum atomic E-state index is 11.4. The van der Waals surface area contributed by atoms with E-state index >= 15 is 0 Å². The first-order valence-electron chi connectivity index (χ1n) is 8.37. The largest absolute Gasteiger partial charge is 0.870 e. The van der Waals surface area contributed by atoms with Gasteiger partial charge in [-0.2, -0.15) is 0 Å². The normalized spacial score (nSPS) is 19.4. The third-order valence-electron chi connectivity index (χ3n) is 4.38. The Morgan fingerprint density at radius 3 is 2.38 bits per heavy atom. The molecule has 0 aromatic rings. The van der Waals surface area contributed by atoms with Gasteiger partial charge >= 0.3 is 11.9 Å². The molecule has 1 rings (SSSR count). The van der Waals surface area contributed by atoms with Crippen LogP contribution in [0.4, 0.5) is 0 Å². The zero-order valence-corrected chi connectivity index (χ0v) is 20.6. The Labute approximate surface area is 199 Å². The maximum Gasteiger partial charge on any atom is 0.359 e. The molecule has 0 aromatic heterocycles. The van der Waals surface area contributed by atoms with Gasteiger partial charge in [-0.3, -0.25) is 4.48 Å². The first-order valence-corrected chi connectivity index (χ1v) is 8.37. The van der Waals surface area contributed by atoms with Gasteiger partial charge in [0.25, 0.3) is 0 Å². The molecule has 1 aliphatic rings. The summed E-state index contributed by atoms with van der Waals surface area (Å²) in [4.78, 5) is 26.5. The number of hydrogen-bond acceptors (Lipinski definition) is 5. The number of rotatable bonds is 12. The zero-order valence-electron chi connectivity index (χ0n) is 16.6. The van der Waals surface area contributed by atoms with Crippen LogP contribution in [0.3, 0.4) is 0 Å². The first kappa shape index (κ1) is 31.2. The number of amidine groups is 1. The van der Waals surface area contributed by atoms with Crippen molar-refractivity contribution in [2.45, 2.75) is 39.5 Å². The van der Waals surface area contributed by atoms with Crippen LogP contribution in [0.15, 0.2) is 4.99 Å². The molecule has 0 amide bonds. The van der Waals surface area contributed by atoms with Crippen LogP contribution >= 0.6 is 0 Å². The van der Waals surface area contributed by atoms with Crippen molar-refractivity contribution in [3.8, 4) is 0 Å². The van der Waals surface area contributed by atoms with Gasteiger partial charge in [-0.05, 0) is 12.8 Å². The minimum atomic E-state index is -1.01. The van der Waals surface area contributed by atoms with E-state index in [9.17, 15) is 14.7 Å². The van der Waals surface area contributed by atoms with E-state index in [0.717, 1.165) is 31.5 Å². The predicted molar refractivity (Wildman–Crippen MR) is 100 cm³/mol. The molecule has 0 spiro atoms. The molecule has 10 heteroatoms. The number of carbonyl (C=O) groups is 2. The summed E-state index contributed by atoms with van der Waals surface area (Å²) < 4.78 is 5.45. The van der Waals surface area contributed by atoms with Gasteiger partial charge in [0.15, 0.2) is 6.54 Å². The van der Waals surface area contributed by atoms with Gasteiger partial charge in [0, 0.05) is 59.1 Å². The Balaban J connectivity index is -0.00000176. The van der Waals surface area contributed by atoms with Crippen molar-refractivity contribution >= 4 is 76.9 Å². The second-order valence-corrected chi connectivity index (χ2v) is 6.08. The topological polar surface area (TPSA) is 126 Å². The quantitative estimate of drug-likeness (QED) is 0.286. The summed E-state index contributed by atoms with van der Waals surface area (Å²) in [6.07, 6.45) is 4.15. The van der Waals surface area contributed by atoms with Crippen molar-refractivity contribution in [1.82, 2.24) is 0 Å². The second-order valence-electron chi connectivity index (χ2n) is 6.08. The van der Waals surface area contributed by atoms with Crippen LogP contribution < -0.4 is 0 Å². The van der Waals surface area contributed by atoms with E-state index < -0.39 is 11.9 Å². The third kappa shape index (κ3) is 10.1. The Bertz CT molecular complexity index is 450. The van der Waals surface area contributed by atoms with E-state index in [1.54, 1.807) is 0 Å². The van der Waals surface area contributed by atoms with Gasteiger partial charge in [0.1, 0.15) is 19.7 Å². The summed E-state index contributed by atoms with van der Waals surface area (Å²) >= 11 is 0.